The predicted molar refractivity (Wildman–Crippen MR) is 114 cm³/mol. The monoisotopic (exact) mass is 370 g/mol. The van der Waals surface area contributed by atoms with E-state index in [1.54, 1.807) is 5.57 Å². The van der Waals surface area contributed by atoms with E-state index in [0.29, 0.717) is 17.6 Å². The number of rotatable bonds is 7. The molecule has 0 saturated carbocycles. The van der Waals surface area contributed by atoms with Crippen molar-refractivity contribution in [2.45, 2.75) is 96.8 Å². The van der Waals surface area contributed by atoms with Crippen LogP contribution in [0.3, 0.4) is 0 Å². The molecule has 2 aliphatic rings. The van der Waals surface area contributed by atoms with E-state index < -0.39 is 0 Å². The van der Waals surface area contributed by atoms with Gasteiger partial charge in [-0.15, -0.1) is 0 Å². The number of unbranched alkanes of at least 4 members (excludes halogenated alkanes) is 3. The zero-order valence-corrected chi connectivity index (χ0v) is 17.8. The number of phenols is 1. The molecule has 0 unspecified atom stereocenters. The molecular weight excluding hydrogens is 332 g/mol. The Balaban J connectivity index is 1.81. The summed E-state index contributed by atoms with van der Waals surface area (Å²) < 4.78 is 6.19. The van der Waals surface area contributed by atoms with Crippen molar-refractivity contribution in [1.82, 2.24) is 0 Å². The van der Waals surface area contributed by atoms with Crippen LogP contribution in [0.2, 0.25) is 0 Å². The summed E-state index contributed by atoms with van der Waals surface area (Å²) in [7, 11) is 0. The molecular formula is C25H38O2. The van der Waals surface area contributed by atoms with Gasteiger partial charge in [0.2, 0.25) is 0 Å². The van der Waals surface area contributed by atoms with Crippen LogP contribution in [0.15, 0.2) is 23.8 Å². The molecule has 0 fully saturated rings. The molecule has 0 spiro atoms. The molecule has 3 rings (SSSR count). The molecule has 0 aromatic heterocycles. The van der Waals surface area contributed by atoms with Crippen LogP contribution >= 0.6 is 0 Å². The maximum atomic E-state index is 11.0. The maximum Gasteiger partial charge on any atom is 0.126 e. The van der Waals surface area contributed by atoms with Crippen LogP contribution in [0.5, 0.6) is 11.5 Å². The van der Waals surface area contributed by atoms with Crippen molar-refractivity contribution in [3.63, 3.8) is 0 Å². The number of ether oxygens (including phenoxy) is 1. The third kappa shape index (κ3) is 4.52. The second kappa shape index (κ2) is 8.71. The third-order valence-electron chi connectivity index (χ3n) is 6.89. The van der Waals surface area contributed by atoms with E-state index >= 15 is 0 Å². The highest BCUT2D eigenvalue weighted by molar-refractivity contribution is 5.52. The van der Waals surface area contributed by atoms with Gasteiger partial charge >= 0.3 is 0 Å². The molecule has 1 aromatic rings. The molecule has 2 atom stereocenters. The average molecular weight is 371 g/mol. The average Bonchev–Trinajstić information content (AvgIpc) is 2.87. The van der Waals surface area contributed by atoms with Crippen LogP contribution in [0.25, 0.3) is 0 Å². The van der Waals surface area contributed by atoms with Crippen LogP contribution in [-0.4, -0.2) is 11.7 Å². The van der Waals surface area contributed by atoms with Crippen molar-refractivity contribution in [1.29, 1.82) is 0 Å². The first-order valence-corrected chi connectivity index (χ1v) is 11.1. The van der Waals surface area contributed by atoms with E-state index in [-0.39, 0.29) is 5.41 Å². The minimum Gasteiger partial charge on any atom is -0.508 e. The number of hydrogen-bond acceptors (Lipinski definition) is 2. The summed E-state index contributed by atoms with van der Waals surface area (Å²) in [4.78, 5) is 0. The summed E-state index contributed by atoms with van der Waals surface area (Å²) in [5, 5.41) is 11.0. The predicted octanol–water partition coefficient (Wildman–Crippen LogP) is 7.25. The van der Waals surface area contributed by atoms with Crippen molar-refractivity contribution in [2.24, 2.45) is 5.92 Å². The first-order valence-electron chi connectivity index (χ1n) is 11.1. The molecule has 150 valence electrons. The lowest BCUT2D eigenvalue weighted by atomic mass is 9.76. The standard InChI is InChI=1S/C25H38O2/c1-5-7-8-9-14-25(3,4)20-15-22(26)24-21-13-11-18(6-2)10-12-19(21)17-27-23(24)16-20/h10,15-16,19,21,26H,5-9,11-14,17H2,1-4H3/t19-,21-/m1/s1. The van der Waals surface area contributed by atoms with Crippen LogP contribution in [-0.2, 0) is 5.41 Å². The molecule has 0 saturated heterocycles. The second-order valence-corrected chi connectivity index (χ2v) is 9.27. The van der Waals surface area contributed by atoms with Crippen molar-refractivity contribution in [2.75, 3.05) is 6.61 Å². The summed E-state index contributed by atoms with van der Waals surface area (Å²) in [6.45, 7) is 9.88. The Bertz CT molecular complexity index is 671. The molecule has 2 heteroatoms. The highest BCUT2D eigenvalue weighted by Gasteiger charge is 2.35. The summed E-state index contributed by atoms with van der Waals surface area (Å²) >= 11 is 0. The lowest BCUT2D eigenvalue weighted by molar-refractivity contribution is 0.187. The van der Waals surface area contributed by atoms with Crippen molar-refractivity contribution >= 4 is 0 Å². The summed E-state index contributed by atoms with van der Waals surface area (Å²) in [6.07, 6.45) is 13.2. The number of hydrogen-bond donors (Lipinski definition) is 1. The van der Waals surface area contributed by atoms with Gasteiger partial charge in [0, 0.05) is 11.5 Å². The zero-order valence-electron chi connectivity index (χ0n) is 17.8. The minimum absolute atomic E-state index is 0.0703. The smallest absolute Gasteiger partial charge is 0.126 e. The van der Waals surface area contributed by atoms with Gasteiger partial charge in [-0.05, 0) is 61.1 Å². The van der Waals surface area contributed by atoms with Gasteiger partial charge in [0.1, 0.15) is 11.5 Å². The van der Waals surface area contributed by atoms with Gasteiger partial charge in [0.05, 0.1) is 6.61 Å². The molecule has 1 aliphatic heterocycles. The van der Waals surface area contributed by atoms with E-state index in [4.69, 9.17) is 4.74 Å². The largest absolute Gasteiger partial charge is 0.508 e. The SMILES string of the molecule is CCCCCCC(C)(C)c1cc(O)c2c(c1)OC[C@H]1CC=C(CC)CC[C@@H]21. The Morgan fingerprint density at radius 3 is 2.70 bits per heavy atom. The number of benzene rings is 1. The van der Waals surface area contributed by atoms with E-state index in [1.807, 2.05) is 6.07 Å². The van der Waals surface area contributed by atoms with Gasteiger partial charge in [-0.2, -0.15) is 0 Å². The summed E-state index contributed by atoms with van der Waals surface area (Å²) in [5.74, 6) is 2.32. The van der Waals surface area contributed by atoms with Gasteiger partial charge in [0.25, 0.3) is 0 Å². The Labute approximate surface area is 166 Å². The summed E-state index contributed by atoms with van der Waals surface area (Å²) in [6, 6.07) is 4.26. The van der Waals surface area contributed by atoms with E-state index in [9.17, 15) is 5.11 Å². The number of fused-ring (bicyclic) bond motifs is 3. The molecule has 1 aliphatic carbocycles. The zero-order chi connectivity index (χ0) is 19.4. The topological polar surface area (TPSA) is 29.5 Å². The molecule has 1 heterocycles. The van der Waals surface area contributed by atoms with Crippen LogP contribution in [0.1, 0.15) is 103 Å². The van der Waals surface area contributed by atoms with Gasteiger partial charge in [0.15, 0.2) is 0 Å². The van der Waals surface area contributed by atoms with Crippen LogP contribution in [0, 0.1) is 5.92 Å². The molecule has 0 amide bonds. The van der Waals surface area contributed by atoms with Gasteiger partial charge in [-0.1, -0.05) is 65.0 Å². The second-order valence-electron chi connectivity index (χ2n) is 9.27. The highest BCUT2D eigenvalue weighted by Crippen LogP contribution is 2.49. The molecule has 1 N–H and O–H groups in total. The molecule has 27 heavy (non-hydrogen) atoms. The highest BCUT2D eigenvalue weighted by atomic mass is 16.5. The lowest BCUT2D eigenvalue weighted by Crippen LogP contribution is -2.26. The fourth-order valence-electron chi connectivity index (χ4n) is 4.88. The fraction of sp³-hybridized carbons (Fsp3) is 0.680. The Hall–Kier alpha value is -1.44. The molecule has 2 nitrogen and oxygen atoms in total. The summed E-state index contributed by atoms with van der Waals surface area (Å²) in [5.41, 5.74) is 3.92. The molecule has 0 radical (unpaired) electrons. The number of aromatic hydroxyl groups is 1. The quantitative estimate of drug-likeness (QED) is 0.404. The molecule has 1 aromatic carbocycles. The Morgan fingerprint density at radius 1 is 1.15 bits per heavy atom. The maximum absolute atomic E-state index is 11.0. The Morgan fingerprint density at radius 2 is 1.96 bits per heavy atom. The molecule has 0 bridgehead atoms. The first-order chi connectivity index (χ1) is 13.0. The van der Waals surface area contributed by atoms with Gasteiger partial charge in [-0.25, -0.2) is 0 Å². The van der Waals surface area contributed by atoms with E-state index in [0.717, 1.165) is 50.0 Å². The lowest BCUT2D eigenvalue weighted by Gasteiger charge is -2.35. The Kier molecular flexibility index (Phi) is 6.55. The van der Waals surface area contributed by atoms with Crippen molar-refractivity contribution in [3.8, 4) is 11.5 Å². The van der Waals surface area contributed by atoms with Crippen molar-refractivity contribution in [3.05, 3.63) is 34.9 Å². The minimum atomic E-state index is 0.0703. The first kappa shape index (κ1) is 20.3. The van der Waals surface area contributed by atoms with Gasteiger partial charge < -0.3 is 9.84 Å². The van der Waals surface area contributed by atoms with Crippen LogP contribution < -0.4 is 4.74 Å². The fourth-order valence-corrected chi connectivity index (χ4v) is 4.88. The third-order valence-corrected chi connectivity index (χ3v) is 6.89. The normalized spacial score (nSPS) is 22.3. The number of allylic oxidation sites excluding steroid dienone is 2. The van der Waals surface area contributed by atoms with E-state index in [1.165, 1.54) is 31.2 Å². The number of phenolic OH excluding ortho intramolecular Hbond substituents is 1. The van der Waals surface area contributed by atoms with E-state index in [2.05, 4.69) is 39.8 Å². The van der Waals surface area contributed by atoms with Crippen molar-refractivity contribution < 1.29 is 9.84 Å². The van der Waals surface area contributed by atoms with Gasteiger partial charge in [-0.3, -0.25) is 0 Å². The van der Waals surface area contributed by atoms with Crippen LogP contribution in [0.4, 0.5) is 0 Å².